The van der Waals surface area contributed by atoms with E-state index >= 15 is 0 Å². The second kappa shape index (κ2) is 15.8. The van der Waals surface area contributed by atoms with Gasteiger partial charge >= 0.3 is 5.97 Å². The number of aromatic nitrogens is 5. The van der Waals surface area contributed by atoms with Gasteiger partial charge in [0.1, 0.15) is 34.6 Å². The molecular formula is C41H35N9O8. The summed E-state index contributed by atoms with van der Waals surface area (Å²) in [5, 5.41) is 26.2. The first-order chi connectivity index (χ1) is 28.1. The lowest BCUT2D eigenvalue weighted by Crippen LogP contribution is -2.54. The van der Waals surface area contributed by atoms with E-state index in [-0.39, 0.29) is 41.9 Å². The van der Waals surface area contributed by atoms with Crippen molar-refractivity contribution in [1.82, 2.24) is 39.9 Å². The molecule has 5 amide bonds. The van der Waals surface area contributed by atoms with Crippen LogP contribution in [0.15, 0.2) is 97.3 Å². The molecule has 0 spiro atoms. The van der Waals surface area contributed by atoms with Gasteiger partial charge in [0.05, 0.1) is 22.9 Å². The number of amides is 5. The van der Waals surface area contributed by atoms with E-state index in [2.05, 4.69) is 26.3 Å². The minimum atomic E-state index is -1.11. The predicted octanol–water partition coefficient (Wildman–Crippen LogP) is 4.08. The topological polar surface area (TPSA) is 219 Å². The molecule has 1 unspecified atom stereocenters. The molecule has 3 aromatic carbocycles. The highest BCUT2D eigenvalue weighted by atomic mass is 16.5. The van der Waals surface area contributed by atoms with Crippen LogP contribution < -0.4 is 20.7 Å². The third kappa shape index (κ3) is 7.47. The Hall–Kier alpha value is -7.69. The largest absolute Gasteiger partial charge is 0.483 e. The van der Waals surface area contributed by atoms with Crippen LogP contribution in [-0.2, 0) is 20.9 Å². The highest BCUT2D eigenvalue weighted by molar-refractivity contribution is 6.24. The number of fused-ring (bicyclic) bond motifs is 2. The van der Waals surface area contributed by atoms with Gasteiger partial charge in [-0.2, -0.15) is 0 Å². The highest BCUT2D eigenvalue weighted by Crippen LogP contribution is 2.34. The number of imidazole rings is 1. The standard InChI is InChI=1S/C41H35N9O8/c51-33-18-17-30(38(53)45-33)50-39(54)28-6-5-7-31(35(28)40(50)55)58-23-34(52)42-19-2-4-20-48-22-29(46-47-48)24-9-11-25(12-10-24)36-37(49-21-3-1-8-32(49)44-36)43-27-15-13-26(14-16-27)41(56)57/h1,3,5-16,21-22,30,43H,2,4,17-20,23H2,(H,42,52)(H,56,57)(H,45,51,53). The van der Waals surface area contributed by atoms with E-state index in [1.54, 1.807) is 28.9 Å². The van der Waals surface area contributed by atoms with Crippen LogP contribution in [0, 0.1) is 0 Å². The molecule has 292 valence electrons. The molecule has 1 atom stereocenters. The van der Waals surface area contributed by atoms with Crippen LogP contribution >= 0.6 is 0 Å². The smallest absolute Gasteiger partial charge is 0.335 e. The number of ether oxygens (including phenoxy) is 1. The van der Waals surface area contributed by atoms with Gasteiger partial charge in [0.15, 0.2) is 6.61 Å². The summed E-state index contributed by atoms with van der Waals surface area (Å²) in [4.78, 5) is 79.9. The summed E-state index contributed by atoms with van der Waals surface area (Å²) in [5.41, 5.74) is 4.84. The van der Waals surface area contributed by atoms with Crippen molar-refractivity contribution in [2.45, 2.75) is 38.3 Å². The Morgan fingerprint density at radius 3 is 2.47 bits per heavy atom. The van der Waals surface area contributed by atoms with Crippen molar-refractivity contribution in [3.05, 3.63) is 114 Å². The van der Waals surface area contributed by atoms with Crippen molar-refractivity contribution in [2.75, 3.05) is 18.5 Å². The molecule has 17 heteroatoms. The lowest BCUT2D eigenvalue weighted by Gasteiger charge is -2.27. The Kier molecular flexibility index (Phi) is 10.2. The summed E-state index contributed by atoms with van der Waals surface area (Å²) < 4.78 is 9.32. The first-order valence-corrected chi connectivity index (χ1v) is 18.5. The first kappa shape index (κ1) is 37.2. The number of carbonyl (C=O) groups excluding carboxylic acids is 5. The third-order valence-electron chi connectivity index (χ3n) is 9.84. The molecule has 5 heterocycles. The number of aryl methyl sites for hydroxylation is 1. The second-order valence-corrected chi connectivity index (χ2v) is 13.7. The number of carboxylic acids is 1. The van der Waals surface area contributed by atoms with Crippen molar-refractivity contribution >= 4 is 52.7 Å². The molecule has 4 N–H and O–H groups in total. The molecule has 8 rings (SSSR count). The number of carbonyl (C=O) groups is 6. The lowest BCUT2D eigenvalue weighted by molar-refractivity contribution is -0.136. The number of pyridine rings is 1. The highest BCUT2D eigenvalue weighted by Gasteiger charge is 2.46. The van der Waals surface area contributed by atoms with Crippen LogP contribution in [0.2, 0.25) is 0 Å². The number of nitrogens with one attached hydrogen (secondary N) is 3. The average molecular weight is 782 g/mol. The van der Waals surface area contributed by atoms with Gasteiger partial charge in [-0.1, -0.05) is 41.6 Å². The first-order valence-electron chi connectivity index (χ1n) is 18.5. The number of imide groups is 2. The number of hydrogen-bond donors (Lipinski definition) is 4. The van der Waals surface area contributed by atoms with Gasteiger partial charge in [-0.15, -0.1) is 5.10 Å². The van der Waals surface area contributed by atoms with E-state index in [1.165, 1.54) is 18.2 Å². The molecule has 2 aliphatic heterocycles. The molecule has 2 aliphatic rings. The molecular weight excluding hydrogens is 747 g/mol. The summed E-state index contributed by atoms with van der Waals surface area (Å²) in [6, 6.07) is 23.4. The van der Waals surface area contributed by atoms with E-state index in [1.807, 2.05) is 59.3 Å². The van der Waals surface area contributed by atoms with Gasteiger partial charge in [-0.05, 0) is 67.8 Å². The van der Waals surface area contributed by atoms with Crippen LogP contribution in [-0.4, -0.2) is 89.1 Å². The number of aromatic carboxylic acids is 1. The Morgan fingerprint density at radius 2 is 1.69 bits per heavy atom. The summed E-state index contributed by atoms with van der Waals surface area (Å²) in [6.07, 6.45) is 5.14. The van der Waals surface area contributed by atoms with Gasteiger partial charge in [-0.3, -0.25) is 43.3 Å². The molecule has 1 saturated heterocycles. The Morgan fingerprint density at radius 1 is 0.897 bits per heavy atom. The number of piperidine rings is 1. The van der Waals surface area contributed by atoms with Crippen LogP contribution in [0.4, 0.5) is 11.5 Å². The van der Waals surface area contributed by atoms with Gasteiger partial charge < -0.3 is 20.5 Å². The van der Waals surface area contributed by atoms with Crippen LogP contribution in [0.5, 0.6) is 5.75 Å². The van der Waals surface area contributed by atoms with Gasteiger partial charge in [-0.25, -0.2) is 9.78 Å². The molecule has 3 aromatic heterocycles. The van der Waals surface area contributed by atoms with E-state index in [9.17, 15) is 33.9 Å². The zero-order valence-corrected chi connectivity index (χ0v) is 30.8. The number of hydrogen-bond acceptors (Lipinski definition) is 11. The van der Waals surface area contributed by atoms with Crippen LogP contribution in [0.1, 0.15) is 56.8 Å². The SMILES string of the molecule is O=C(COc1cccc2c1C(=O)N(C1CCC(=O)NC1=O)C2=O)NCCCCn1cc(-c2ccc(-c3nc4ccccn4c3Nc3ccc(C(=O)O)cc3)cc2)nn1. The van der Waals surface area contributed by atoms with Crippen LogP contribution in [0.25, 0.3) is 28.2 Å². The van der Waals surface area contributed by atoms with Crippen LogP contribution in [0.3, 0.4) is 0 Å². The maximum absolute atomic E-state index is 13.3. The zero-order valence-electron chi connectivity index (χ0n) is 30.8. The van der Waals surface area contributed by atoms with Gasteiger partial charge in [0, 0.05) is 42.5 Å². The number of rotatable bonds is 14. The molecule has 0 saturated carbocycles. The number of benzene rings is 3. The van der Waals surface area contributed by atoms with Crippen molar-refractivity contribution in [2.24, 2.45) is 0 Å². The Balaban J connectivity index is 0.822. The molecule has 1 fully saturated rings. The maximum atomic E-state index is 13.3. The lowest BCUT2D eigenvalue weighted by atomic mass is 10.0. The number of nitrogens with zero attached hydrogens (tertiary/aromatic N) is 6. The summed E-state index contributed by atoms with van der Waals surface area (Å²) >= 11 is 0. The predicted molar refractivity (Wildman–Crippen MR) is 207 cm³/mol. The summed E-state index contributed by atoms with van der Waals surface area (Å²) in [7, 11) is 0. The number of unbranched alkanes of at least 4 members (excludes halogenated alkanes) is 1. The summed E-state index contributed by atoms with van der Waals surface area (Å²) in [6.45, 7) is 0.544. The molecule has 6 aromatic rings. The minimum absolute atomic E-state index is 0.00695. The van der Waals surface area contributed by atoms with Crippen molar-refractivity contribution in [1.29, 1.82) is 0 Å². The fraction of sp³-hybridized carbons (Fsp3) is 0.195. The van der Waals surface area contributed by atoms with E-state index < -0.39 is 41.5 Å². The zero-order chi connectivity index (χ0) is 40.3. The molecule has 0 radical (unpaired) electrons. The van der Waals surface area contributed by atoms with E-state index in [0.29, 0.717) is 37.3 Å². The normalized spacial score (nSPS) is 15.0. The quantitative estimate of drug-likeness (QED) is 0.0908. The number of carboxylic acid groups (broad SMARTS) is 1. The van der Waals surface area contributed by atoms with Gasteiger partial charge in [0.2, 0.25) is 11.8 Å². The second-order valence-electron chi connectivity index (χ2n) is 13.7. The van der Waals surface area contributed by atoms with E-state index in [4.69, 9.17) is 9.72 Å². The minimum Gasteiger partial charge on any atom is -0.483 e. The van der Waals surface area contributed by atoms with Gasteiger partial charge in [0.25, 0.3) is 17.7 Å². The number of anilines is 2. The van der Waals surface area contributed by atoms with Crippen molar-refractivity contribution in [3.8, 4) is 28.3 Å². The average Bonchev–Trinajstić information content (AvgIpc) is 3.92. The Labute approximate surface area is 329 Å². The molecule has 17 nitrogen and oxygen atoms in total. The fourth-order valence-electron chi connectivity index (χ4n) is 6.91. The van der Waals surface area contributed by atoms with Crippen molar-refractivity contribution in [3.63, 3.8) is 0 Å². The maximum Gasteiger partial charge on any atom is 0.335 e. The molecule has 0 aliphatic carbocycles. The molecule has 0 bridgehead atoms. The van der Waals surface area contributed by atoms with Crippen molar-refractivity contribution < 1.29 is 38.6 Å². The fourth-order valence-corrected chi connectivity index (χ4v) is 6.91. The monoisotopic (exact) mass is 781 g/mol. The summed E-state index contributed by atoms with van der Waals surface area (Å²) in [5.74, 6) is -3.17. The Bertz CT molecular complexity index is 2600. The molecule has 58 heavy (non-hydrogen) atoms. The van der Waals surface area contributed by atoms with E-state index in [0.717, 1.165) is 33.2 Å². The third-order valence-corrected chi connectivity index (χ3v) is 9.84.